The normalized spacial score (nSPS) is 10.3. The smallest absolute Gasteiger partial charge is 0.253 e. The summed E-state index contributed by atoms with van der Waals surface area (Å²) in [5.41, 5.74) is 1.61. The van der Waals surface area contributed by atoms with Crippen molar-refractivity contribution in [2.45, 2.75) is 11.3 Å². The number of carbonyl (C=O) groups excluding carboxylic acids is 1. The summed E-state index contributed by atoms with van der Waals surface area (Å²) in [5.74, 6) is 0.672. The van der Waals surface area contributed by atoms with Crippen LogP contribution in [0.2, 0.25) is 0 Å². The molecule has 0 heterocycles. The largest absolute Gasteiger partial charge is 0.493 e. The van der Waals surface area contributed by atoms with Gasteiger partial charge in [0.25, 0.3) is 5.24 Å². The standard InChI is InChI=1S/C15H12Cl2O2S/c16-15(18)13-7-6-12(10-14(13)20-17)19-9-8-11-4-2-1-3-5-11/h1-7,10H,8-9H2. The van der Waals surface area contributed by atoms with Gasteiger partial charge in [0.2, 0.25) is 0 Å². The molecular formula is C15H12Cl2O2S. The van der Waals surface area contributed by atoms with Crippen molar-refractivity contribution in [3.05, 3.63) is 59.7 Å². The minimum Gasteiger partial charge on any atom is -0.493 e. The fourth-order valence-electron chi connectivity index (χ4n) is 1.75. The average molecular weight is 327 g/mol. The van der Waals surface area contributed by atoms with Crippen LogP contribution in [0.15, 0.2) is 53.4 Å². The average Bonchev–Trinajstić information content (AvgIpc) is 2.48. The molecule has 0 spiro atoms. The Kier molecular flexibility index (Phi) is 5.77. The first-order valence-corrected chi connectivity index (χ1v) is 8.02. The highest BCUT2D eigenvalue weighted by Crippen LogP contribution is 2.30. The first-order valence-electron chi connectivity index (χ1n) is 6.00. The first-order chi connectivity index (χ1) is 9.70. The van der Waals surface area contributed by atoms with Gasteiger partial charge in [-0.2, -0.15) is 0 Å². The van der Waals surface area contributed by atoms with E-state index in [0.29, 0.717) is 22.8 Å². The molecule has 0 aromatic heterocycles. The molecule has 0 aliphatic carbocycles. The van der Waals surface area contributed by atoms with Crippen LogP contribution in [0.25, 0.3) is 0 Å². The Morgan fingerprint density at radius 2 is 1.90 bits per heavy atom. The minimum absolute atomic E-state index is 0.391. The lowest BCUT2D eigenvalue weighted by atomic mass is 10.2. The van der Waals surface area contributed by atoms with E-state index in [0.717, 1.165) is 17.4 Å². The summed E-state index contributed by atoms with van der Waals surface area (Å²) in [4.78, 5) is 11.8. The Hall–Kier alpha value is -1.16. The van der Waals surface area contributed by atoms with Crippen LogP contribution in [0.1, 0.15) is 15.9 Å². The third-order valence-corrected chi connectivity index (χ3v) is 3.96. The number of halogens is 2. The van der Waals surface area contributed by atoms with Gasteiger partial charge in [0.1, 0.15) is 5.75 Å². The zero-order valence-corrected chi connectivity index (χ0v) is 12.8. The Labute approximate surface area is 131 Å². The van der Waals surface area contributed by atoms with E-state index in [9.17, 15) is 4.79 Å². The maximum atomic E-state index is 11.2. The third kappa shape index (κ3) is 4.17. The summed E-state index contributed by atoms with van der Waals surface area (Å²) in [6, 6.07) is 15.2. The van der Waals surface area contributed by atoms with Crippen molar-refractivity contribution in [3.63, 3.8) is 0 Å². The summed E-state index contributed by atoms with van der Waals surface area (Å²) < 4.78 is 5.66. The Morgan fingerprint density at radius 1 is 1.15 bits per heavy atom. The summed E-state index contributed by atoms with van der Waals surface area (Å²) in [6.07, 6.45) is 0.820. The molecule has 20 heavy (non-hydrogen) atoms. The molecule has 0 amide bonds. The molecule has 0 aliphatic heterocycles. The van der Waals surface area contributed by atoms with Crippen molar-refractivity contribution in [2.24, 2.45) is 0 Å². The number of hydrogen-bond donors (Lipinski definition) is 0. The Morgan fingerprint density at radius 3 is 2.55 bits per heavy atom. The molecule has 0 aliphatic rings. The van der Waals surface area contributed by atoms with Crippen molar-refractivity contribution < 1.29 is 9.53 Å². The lowest BCUT2D eigenvalue weighted by molar-refractivity contribution is 0.107. The molecule has 104 valence electrons. The summed E-state index contributed by atoms with van der Waals surface area (Å²) in [7, 11) is 6.68. The third-order valence-electron chi connectivity index (χ3n) is 2.75. The second-order valence-corrected chi connectivity index (χ2v) is 5.49. The Balaban J connectivity index is 1.98. The number of carbonyl (C=O) groups is 1. The van der Waals surface area contributed by atoms with Gasteiger partial charge in [0, 0.05) is 16.9 Å². The fraction of sp³-hybridized carbons (Fsp3) is 0.133. The molecule has 0 bridgehead atoms. The quantitative estimate of drug-likeness (QED) is 0.704. The van der Waals surface area contributed by atoms with Crippen LogP contribution in [-0.2, 0) is 6.42 Å². The predicted molar refractivity (Wildman–Crippen MR) is 84.0 cm³/mol. The van der Waals surface area contributed by atoms with E-state index in [-0.39, 0.29) is 0 Å². The van der Waals surface area contributed by atoms with Crippen LogP contribution < -0.4 is 4.74 Å². The molecule has 2 nitrogen and oxygen atoms in total. The number of ether oxygens (including phenoxy) is 1. The topological polar surface area (TPSA) is 26.3 Å². The van der Waals surface area contributed by atoms with Crippen molar-refractivity contribution in [2.75, 3.05) is 6.61 Å². The van der Waals surface area contributed by atoms with E-state index in [1.54, 1.807) is 18.2 Å². The van der Waals surface area contributed by atoms with Gasteiger partial charge in [-0.15, -0.1) is 0 Å². The van der Waals surface area contributed by atoms with Crippen LogP contribution in [-0.4, -0.2) is 11.8 Å². The zero-order chi connectivity index (χ0) is 14.4. The molecule has 0 N–H and O–H groups in total. The number of benzene rings is 2. The Bertz CT molecular complexity index is 588. The van der Waals surface area contributed by atoms with Crippen molar-refractivity contribution in [1.82, 2.24) is 0 Å². The van der Waals surface area contributed by atoms with E-state index in [2.05, 4.69) is 12.1 Å². The molecule has 0 saturated carbocycles. The molecule has 2 rings (SSSR count). The second-order valence-electron chi connectivity index (χ2n) is 4.09. The highest BCUT2D eigenvalue weighted by molar-refractivity contribution is 8.21. The lowest BCUT2D eigenvalue weighted by Gasteiger charge is -2.09. The van der Waals surface area contributed by atoms with E-state index in [1.165, 1.54) is 5.56 Å². The van der Waals surface area contributed by atoms with Crippen LogP contribution in [0.4, 0.5) is 0 Å². The SMILES string of the molecule is O=C(Cl)c1ccc(OCCc2ccccc2)cc1SCl. The fourth-order valence-corrected chi connectivity index (χ4v) is 2.76. The minimum atomic E-state index is -0.524. The molecule has 0 saturated heterocycles. The lowest BCUT2D eigenvalue weighted by Crippen LogP contribution is -2.02. The molecule has 0 radical (unpaired) electrons. The molecule has 5 heteroatoms. The number of hydrogen-bond acceptors (Lipinski definition) is 3. The molecule has 2 aromatic rings. The maximum absolute atomic E-state index is 11.2. The van der Waals surface area contributed by atoms with Crippen molar-refractivity contribution >= 4 is 38.5 Å². The highest BCUT2D eigenvalue weighted by Gasteiger charge is 2.10. The monoisotopic (exact) mass is 326 g/mol. The van der Waals surface area contributed by atoms with Crippen LogP contribution in [0.3, 0.4) is 0 Å². The van der Waals surface area contributed by atoms with Gasteiger partial charge in [0.05, 0.1) is 6.61 Å². The van der Waals surface area contributed by atoms with Gasteiger partial charge in [0.15, 0.2) is 0 Å². The van der Waals surface area contributed by atoms with E-state index in [1.807, 2.05) is 18.2 Å². The molecule has 2 aromatic carbocycles. The first kappa shape index (κ1) is 15.2. The number of rotatable bonds is 6. The molecule has 0 fully saturated rings. The van der Waals surface area contributed by atoms with Gasteiger partial charge < -0.3 is 4.74 Å². The van der Waals surface area contributed by atoms with Crippen LogP contribution >= 0.6 is 33.3 Å². The van der Waals surface area contributed by atoms with E-state index in [4.69, 9.17) is 27.0 Å². The second kappa shape index (κ2) is 7.58. The zero-order valence-electron chi connectivity index (χ0n) is 10.5. The molecular weight excluding hydrogens is 315 g/mol. The van der Waals surface area contributed by atoms with Crippen LogP contribution in [0.5, 0.6) is 5.75 Å². The maximum Gasteiger partial charge on any atom is 0.253 e. The van der Waals surface area contributed by atoms with Gasteiger partial charge >= 0.3 is 0 Å². The molecule has 0 unspecified atom stereocenters. The van der Waals surface area contributed by atoms with Gasteiger partial charge in [-0.1, -0.05) is 30.3 Å². The summed E-state index contributed by atoms with van der Waals surface area (Å²) in [6.45, 7) is 0.560. The van der Waals surface area contributed by atoms with Crippen molar-refractivity contribution in [3.8, 4) is 5.75 Å². The summed E-state index contributed by atoms with van der Waals surface area (Å²) >= 11 is 5.47. The molecule has 0 atom stereocenters. The highest BCUT2D eigenvalue weighted by atomic mass is 35.7. The van der Waals surface area contributed by atoms with Gasteiger partial charge in [-0.3, -0.25) is 4.79 Å². The van der Waals surface area contributed by atoms with E-state index >= 15 is 0 Å². The summed E-state index contributed by atoms with van der Waals surface area (Å²) in [5, 5.41) is -0.524. The van der Waals surface area contributed by atoms with Crippen LogP contribution in [0, 0.1) is 0 Å². The van der Waals surface area contributed by atoms with Gasteiger partial charge in [-0.25, -0.2) is 0 Å². The van der Waals surface area contributed by atoms with E-state index < -0.39 is 5.24 Å². The van der Waals surface area contributed by atoms with Crippen molar-refractivity contribution in [1.29, 1.82) is 0 Å². The van der Waals surface area contributed by atoms with Gasteiger partial charge in [-0.05, 0) is 57.0 Å². The predicted octanol–water partition coefficient (Wildman–Crippen LogP) is 4.93.